The van der Waals surface area contributed by atoms with E-state index in [4.69, 9.17) is 9.84 Å². The van der Waals surface area contributed by atoms with Crippen LogP contribution >= 0.6 is 0 Å². The summed E-state index contributed by atoms with van der Waals surface area (Å²) in [5.41, 5.74) is 0.477. The number of halogens is 1. The number of nitrogens with one attached hydrogen (secondary N) is 1. The van der Waals surface area contributed by atoms with E-state index in [0.717, 1.165) is 10.1 Å². The fraction of sp³-hybridized carbons (Fsp3) is 0.160. The van der Waals surface area contributed by atoms with Gasteiger partial charge in [-0.05, 0) is 48.4 Å². The smallest absolute Gasteiger partial charge is 0.354 e. The maximum Gasteiger partial charge on any atom is 0.354 e. The summed E-state index contributed by atoms with van der Waals surface area (Å²) in [4.78, 5) is 47.5. The van der Waals surface area contributed by atoms with Crippen molar-refractivity contribution in [1.29, 1.82) is 0 Å². The van der Waals surface area contributed by atoms with E-state index in [-0.39, 0.29) is 30.3 Å². The predicted molar refractivity (Wildman–Crippen MR) is 128 cm³/mol. The van der Waals surface area contributed by atoms with E-state index in [9.17, 15) is 18.8 Å². The first-order chi connectivity index (χ1) is 17.4. The molecule has 184 valence electrons. The van der Waals surface area contributed by atoms with Crippen molar-refractivity contribution in [1.82, 2.24) is 19.1 Å². The molecule has 2 heterocycles. The molecular weight excluding hydrogens is 469 g/mol. The third-order valence-corrected chi connectivity index (χ3v) is 5.25. The van der Waals surface area contributed by atoms with Crippen LogP contribution in [0.15, 0.2) is 81.3 Å². The highest BCUT2D eigenvalue weighted by atomic mass is 19.1. The van der Waals surface area contributed by atoms with E-state index >= 15 is 0 Å². The van der Waals surface area contributed by atoms with Crippen molar-refractivity contribution in [3.63, 3.8) is 0 Å². The van der Waals surface area contributed by atoms with E-state index < -0.39 is 24.0 Å². The highest BCUT2D eigenvalue weighted by molar-refractivity contribution is 5.85. The molecule has 11 heteroatoms. The van der Waals surface area contributed by atoms with Crippen molar-refractivity contribution < 1.29 is 19.0 Å². The lowest BCUT2D eigenvalue weighted by Gasteiger charge is -2.10. The van der Waals surface area contributed by atoms with Gasteiger partial charge in [0.1, 0.15) is 12.4 Å². The highest BCUT2D eigenvalue weighted by Crippen LogP contribution is 2.22. The number of ether oxygens (including phenoxy) is 1. The Morgan fingerprint density at radius 1 is 1.03 bits per heavy atom. The number of alkyl halides is 1. The number of carboxylic acid groups (broad SMARTS) is 1. The second kappa shape index (κ2) is 10.6. The topological polar surface area (TPSA) is 132 Å². The zero-order valence-corrected chi connectivity index (χ0v) is 19.2. The molecule has 0 saturated heterocycles. The van der Waals surface area contributed by atoms with Crippen LogP contribution in [0.4, 0.5) is 10.1 Å². The summed E-state index contributed by atoms with van der Waals surface area (Å²) in [5.74, 6) is -0.663. The van der Waals surface area contributed by atoms with Gasteiger partial charge in [-0.2, -0.15) is 0 Å². The average Bonchev–Trinajstić information content (AvgIpc) is 2.88. The van der Waals surface area contributed by atoms with E-state index in [1.807, 2.05) is 0 Å². The summed E-state index contributed by atoms with van der Waals surface area (Å²) >= 11 is 0. The number of aromatic amines is 1. The van der Waals surface area contributed by atoms with Gasteiger partial charge < -0.3 is 9.84 Å². The average molecular weight is 491 g/mol. The minimum absolute atomic E-state index is 0.0498. The molecule has 2 N–H and O–H groups in total. The fourth-order valence-corrected chi connectivity index (χ4v) is 3.40. The SMILES string of the molecule is CCn1c(=O)[nH]/c(=N\c2ccc(Oc3cccc(C(=O)O)n3)cc2)n(Cc2ccc(CF)cc2)c1=O. The lowest BCUT2D eigenvalue weighted by molar-refractivity contribution is 0.0689. The number of pyridine rings is 1. The number of aromatic nitrogens is 4. The molecule has 0 bridgehead atoms. The van der Waals surface area contributed by atoms with Crippen LogP contribution in [-0.4, -0.2) is 30.2 Å². The second-order valence-corrected chi connectivity index (χ2v) is 7.69. The first-order valence-corrected chi connectivity index (χ1v) is 11.0. The number of hydrogen-bond acceptors (Lipinski definition) is 6. The van der Waals surface area contributed by atoms with Gasteiger partial charge in [0, 0.05) is 12.6 Å². The molecule has 0 fully saturated rings. The van der Waals surface area contributed by atoms with Crippen LogP contribution < -0.4 is 21.7 Å². The molecular formula is C25H22FN5O5. The third kappa shape index (κ3) is 5.46. The molecule has 0 aliphatic heterocycles. The number of benzene rings is 2. The van der Waals surface area contributed by atoms with Crippen LogP contribution in [0.3, 0.4) is 0 Å². The van der Waals surface area contributed by atoms with Crippen molar-refractivity contribution in [2.45, 2.75) is 26.7 Å². The van der Waals surface area contributed by atoms with Crippen LogP contribution in [0.1, 0.15) is 28.5 Å². The minimum atomic E-state index is -1.17. The highest BCUT2D eigenvalue weighted by Gasteiger charge is 2.10. The molecule has 0 aliphatic carbocycles. The molecule has 0 radical (unpaired) electrons. The van der Waals surface area contributed by atoms with Crippen molar-refractivity contribution in [2.24, 2.45) is 4.99 Å². The van der Waals surface area contributed by atoms with Crippen molar-refractivity contribution >= 4 is 11.7 Å². The van der Waals surface area contributed by atoms with Gasteiger partial charge in [0.15, 0.2) is 5.69 Å². The van der Waals surface area contributed by atoms with Crippen molar-refractivity contribution in [3.05, 3.63) is 110 Å². The summed E-state index contributed by atoms with van der Waals surface area (Å²) in [7, 11) is 0. The van der Waals surface area contributed by atoms with Gasteiger partial charge in [0.05, 0.1) is 12.2 Å². The molecule has 10 nitrogen and oxygen atoms in total. The van der Waals surface area contributed by atoms with Crippen molar-refractivity contribution in [2.75, 3.05) is 0 Å². The first kappa shape index (κ1) is 24.3. The summed E-state index contributed by atoms with van der Waals surface area (Å²) < 4.78 is 20.8. The number of aromatic carboxylic acids is 1. The Morgan fingerprint density at radius 3 is 2.36 bits per heavy atom. The summed E-state index contributed by atoms with van der Waals surface area (Å²) in [5, 5.41) is 9.07. The Balaban J connectivity index is 1.67. The van der Waals surface area contributed by atoms with Gasteiger partial charge in [0.25, 0.3) is 0 Å². The van der Waals surface area contributed by atoms with E-state index in [2.05, 4.69) is 15.0 Å². The van der Waals surface area contributed by atoms with Crippen LogP contribution in [0.25, 0.3) is 0 Å². The van der Waals surface area contributed by atoms with Gasteiger partial charge in [0.2, 0.25) is 11.5 Å². The molecule has 0 atom stereocenters. The number of H-pyrrole nitrogens is 1. The fourth-order valence-electron chi connectivity index (χ4n) is 3.40. The lowest BCUT2D eigenvalue weighted by atomic mass is 10.1. The third-order valence-electron chi connectivity index (χ3n) is 5.25. The number of hydrogen-bond donors (Lipinski definition) is 2. The van der Waals surface area contributed by atoms with Gasteiger partial charge in [-0.3, -0.25) is 9.55 Å². The molecule has 0 saturated carbocycles. The standard InChI is InChI=1S/C25H22FN5O5/c1-2-30-24(34)29-23(31(25(30)35)15-17-8-6-16(14-26)7-9-17)27-18-10-12-19(13-11-18)36-21-5-3-4-20(28-21)22(32)33/h3-13H,2,14-15H2,1H3,(H,32,33)(H,27,29,34). The summed E-state index contributed by atoms with van der Waals surface area (Å²) in [6.45, 7) is 1.40. The molecule has 2 aromatic heterocycles. The van der Waals surface area contributed by atoms with E-state index in [0.29, 0.717) is 17.0 Å². The molecule has 4 aromatic rings. The predicted octanol–water partition coefficient (Wildman–Crippen LogP) is 2.99. The van der Waals surface area contributed by atoms with Crippen LogP contribution in [0.2, 0.25) is 0 Å². The largest absolute Gasteiger partial charge is 0.477 e. The number of nitrogens with zero attached hydrogens (tertiary/aromatic N) is 4. The van der Waals surface area contributed by atoms with Crippen molar-refractivity contribution in [3.8, 4) is 11.6 Å². The molecule has 2 aromatic carbocycles. The Hall–Kier alpha value is -4.80. The molecule has 4 rings (SSSR count). The van der Waals surface area contributed by atoms with Gasteiger partial charge >= 0.3 is 17.3 Å². The Bertz CT molecular complexity index is 1570. The quantitative estimate of drug-likeness (QED) is 0.390. The van der Waals surface area contributed by atoms with E-state index in [1.165, 1.54) is 22.8 Å². The molecule has 0 spiro atoms. The first-order valence-electron chi connectivity index (χ1n) is 11.0. The number of carbonyl (C=O) groups is 1. The minimum Gasteiger partial charge on any atom is -0.477 e. The van der Waals surface area contributed by atoms with Crippen LogP contribution in [0.5, 0.6) is 11.6 Å². The number of carboxylic acids is 1. The number of rotatable bonds is 8. The molecule has 0 aliphatic rings. The van der Waals surface area contributed by atoms with Crippen LogP contribution in [-0.2, 0) is 19.8 Å². The van der Waals surface area contributed by atoms with E-state index in [1.54, 1.807) is 55.5 Å². The molecule has 36 heavy (non-hydrogen) atoms. The Morgan fingerprint density at radius 2 is 1.72 bits per heavy atom. The second-order valence-electron chi connectivity index (χ2n) is 7.69. The van der Waals surface area contributed by atoms with Gasteiger partial charge in [-0.25, -0.2) is 33.3 Å². The molecule has 0 unspecified atom stereocenters. The summed E-state index contributed by atoms with van der Waals surface area (Å²) in [6.07, 6.45) is 0. The van der Waals surface area contributed by atoms with Gasteiger partial charge in [-0.1, -0.05) is 30.3 Å². The monoisotopic (exact) mass is 491 g/mol. The van der Waals surface area contributed by atoms with Crippen LogP contribution in [0, 0.1) is 0 Å². The molecule has 0 amide bonds. The Kier molecular flexibility index (Phi) is 7.19. The Labute approximate surface area is 203 Å². The normalized spacial score (nSPS) is 11.4. The lowest BCUT2D eigenvalue weighted by Crippen LogP contribution is -2.49. The zero-order chi connectivity index (χ0) is 25.7. The summed E-state index contributed by atoms with van der Waals surface area (Å²) in [6, 6.07) is 17.5. The van der Waals surface area contributed by atoms with Gasteiger partial charge in [-0.15, -0.1) is 0 Å². The zero-order valence-electron chi connectivity index (χ0n) is 19.2. The maximum atomic E-state index is 13.0. The maximum absolute atomic E-state index is 13.0.